The van der Waals surface area contributed by atoms with Gasteiger partial charge >= 0.3 is 6.18 Å². The Morgan fingerprint density at radius 1 is 1.00 bits per heavy atom. The largest absolute Gasteiger partial charge is 0.493 e. The fraction of sp³-hybridized carbons (Fsp3) is 0.647. The molecule has 0 heterocycles. The first-order valence-corrected chi connectivity index (χ1v) is 8.04. The molecule has 0 atom stereocenters. The molecule has 0 amide bonds. The summed E-state index contributed by atoms with van der Waals surface area (Å²) >= 11 is 0. The van der Waals surface area contributed by atoms with Gasteiger partial charge in [-0.15, -0.1) is 0 Å². The lowest BCUT2D eigenvalue weighted by molar-refractivity contribution is -0.138. The Hall–Kier alpha value is -1.39. The average Bonchev–Trinajstić information content (AvgIpc) is 2.48. The molecule has 128 valence electrons. The molecule has 5 heteroatoms. The van der Waals surface area contributed by atoms with Gasteiger partial charge in [0.2, 0.25) is 0 Å². The van der Waals surface area contributed by atoms with Gasteiger partial charge in [0.15, 0.2) is 0 Å². The van der Waals surface area contributed by atoms with Crippen molar-refractivity contribution in [2.24, 2.45) is 0 Å². The standard InChI is InChI=1S/C15H22F3NO.C2H6/c1-2-3-4-5-6-7-10-20-14-9-8-12(19)11-13(14)15(16,17)18;1-2/h8-9,11H,2-7,10,19H2,1H3;1-2H3. The Kier molecular flexibility index (Phi) is 10.5. The molecule has 0 radical (unpaired) electrons. The highest BCUT2D eigenvalue weighted by Crippen LogP contribution is 2.37. The lowest BCUT2D eigenvalue weighted by Crippen LogP contribution is -2.10. The van der Waals surface area contributed by atoms with E-state index >= 15 is 0 Å². The molecule has 0 fully saturated rings. The van der Waals surface area contributed by atoms with Crippen molar-refractivity contribution in [1.29, 1.82) is 0 Å². The summed E-state index contributed by atoms with van der Waals surface area (Å²) in [5, 5.41) is 0. The number of nitrogen functional groups attached to an aromatic ring is 1. The van der Waals surface area contributed by atoms with Crippen LogP contribution in [0.5, 0.6) is 5.75 Å². The van der Waals surface area contributed by atoms with Crippen LogP contribution in [0, 0.1) is 0 Å². The first kappa shape index (κ1) is 20.6. The van der Waals surface area contributed by atoms with Crippen LogP contribution in [-0.2, 0) is 6.18 Å². The van der Waals surface area contributed by atoms with Gasteiger partial charge < -0.3 is 10.5 Å². The zero-order valence-corrected chi connectivity index (χ0v) is 13.8. The van der Waals surface area contributed by atoms with E-state index in [0.29, 0.717) is 6.61 Å². The fourth-order valence-corrected chi connectivity index (χ4v) is 1.96. The van der Waals surface area contributed by atoms with E-state index in [0.717, 1.165) is 25.3 Å². The molecule has 0 bridgehead atoms. The summed E-state index contributed by atoms with van der Waals surface area (Å²) < 4.78 is 43.7. The van der Waals surface area contributed by atoms with Gasteiger partial charge in [0.1, 0.15) is 5.75 Å². The van der Waals surface area contributed by atoms with Crippen LogP contribution in [-0.4, -0.2) is 6.61 Å². The second kappa shape index (κ2) is 11.2. The first-order valence-electron chi connectivity index (χ1n) is 8.04. The molecule has 1 aromatic carbocycles. The molecule has 0 spiro atoms. The van der Waals surface area contributed by atoms with Crippen molar-refractivity contribution < 1.29 is 17.9 Å². The van der Waals surface area contributed by atoms with Crippen LogP contribution < -0.4 is 10.5 Å². The molecule has 22 heavy (non-hydrogen) atoms. The van der Waals surface area contributed by atoms with Gasteiger partial charge in [-0.1, -0.05) is 52.9 Å². The predicted molar refractivity (Wildman–Crippen MR) is 86.1 cm³/mol. The minimum Gasteiger partial charge on any atom is -0.493 e. The summed E-state index contributed by atoms with van der Waals surface area (Å²) in [5.74, 6) is -0.139. The molecule has 0 saturated carbocycles. The molecule has 2 nitrogen and oxygen atoms in total. The van der Waals surface area contributed by atoms with Crippen LogP contribution >= 0.6 is 0 Å². The van der Waals surface area contributed by atoms with Crippen molar-refractivity contribution in [2.75, 3.05) is 12.3 Å². The van der Waals surface area contributed by atoms with Gasteiger partial charge in [-0.05, 0) is 24.6 Å². The summed E-state index contributed by atoms with van der Waals surface area (Å²) in [6, 6.07) is 3.62. The van der Waals surface area contributed by atoms with E-state index in [1.54, 1.807) is 0 Å². The van der Waals surface area contributed by atoms with Crippen molar-refractivity contribution >= 4 is 5.69 Å². The van der Waals surface area contributed by atoms with Gasteiger partial charge in [-0.3, -0.25) is 0 Å². The Labute approximate surface area is 131 Å². The van der Waals surface area contributed by atoms with Crippen molar-refractivity contribution in [3.8, 4) is 5.75 Å². The number of benzene rings is 1. The number of anilines is 1. The molecule has 1 aromatic rings. The maximum Gasteiger partial charge on any atom is 0.420 e. The number of halogens is 3. The van der Waals surface area contributed by atoms with E-state index in [1.807, 2.05) is 13.8 Å². The molecular formula is C17H28F3NO. The van der Waals surface area contributed by atoms with E-state index in [4.69, 9.17) is 10.5 Å². The Bertz CT molecular complexity index is 405. The second-order valence-corrected chi connectivity index (χ2v) is 4.87. The van der Waals surface area contributed by atoms with E-state index in [2.05, 4.69) is 6.92 Å². The van der Waals surface area contributed by atoms with Crippen LogP contribution in [0.25, 0.3) is 0 Å². The van der Waals surface area contributed by atoms with Crippen molar-refractivity contribution in [3.63, 3.8) is 0 Å². The zero-order valence-electron chi connectivity index (χ0n) is 13.8. The molecule has 0 unspecified atom stereocenters. The summed E-state index contributed by atoms with van der Waals surface area (Å²) in [4.78, 5) is 0. The van der Waals surface area contributed by atoms with E-state index in [9.17, 15) is 13.2 Å². The third kappa shape index (κ3) is 8.15. The number of ether oxygens (including phenoxy) is 1. The van der Waals surface area contributed by atoms with Crippen molar-refractivity contribution in [1.82, 2.24) is 0 Å². The second-order valence-electron chi connectivity index (χ2n) is 4.87. The Morgan fingerprint density at radius 2 is 1.59 bits per heavy atom. The lowest BCUT2D eigenvalue weighted by atomic mass is 10.1. The molecule has 0 saturated heterocycles. The molecule has 1 rings (SSSR count). The maximum atomic E-state index is 12.8. The molecule has 2 N–H and O–H groups in total. The number of rotatable bonds is 8. The Balaban J connectivity index is 0.00000211. The molecular weight excluding hydrogens is 291 g/mol. The van der Waals surface area contributed by atoms with Gasteiger partial charge in [-0.25, -0.2) is 0 Å². The molecule has 0 aliphatic heterocycles. The summed E-state index contributed by atoms with van der Waals surface area (Å²) in [6.07, 6.45) is 1.97. The normalized spacial score (nSPS) is 10.8. The maximum absolute atomic E-state index is 12.8. The number of hydrogen-bond donors (Lipinski definition) is 1. The Morgan fingerprint density at radius 3 is 2.18 bits per heavy atom. The smallest absolute Gasteiger partial charge is 0.420 e. The quantitative estimate of drug-likeness (QED) is 0.467. The van der Waals surface area contributed by atoms with Crippen LogP contribution in [0.2, 0.25) is 0 Å². The minimum absolute atomic E-state index is 0.0873. The first-order chi connectivity index (χ1) is 10.4. The number of hydrogen-bond acceptors (Lipinski definition) is 2. The summed E-state index contributed by atoms with van der Waals surface area (Å²) in [7, 11) is 0. The molecule has 0 aliphatic carbocycles. The van der Waals surface area contributed by atoms with Gasteiger partial charge in [-0.2, -0.15) is 13.2 Å². The number of alkyl halides is 3. The van der Waals surface area contributed by atoms with Crippen molar-refractivity contribution in [2.45, 2.75) is 65.5 Å². The van der Waals surface area contributed by atoms with Gasteiger partial charge in [0.05, 0.1) is 12.2 Å². The highest BCUT2D eigenvalue weighted by Gasteiger charge is 2.34. The molecule has 0 aromatic heterocycles. The van der Waals surface area contributed by atoms with Crippen LogP contribution in [0.4, 0.5) is 18.9 Å². The summed E-state index contributed by atoms with van der Waals surface area (Å²) in [5.41, 5.74) is 4.68. The lowest BCUT2D eigenvalue weighted by Gasteiger charge is -2.14. The number of unbranched alkanes of at least 4 members (excludes halogenated alkanes) is 5. The number of nitrogens with two attached hydrogens (primary N) is 1. The van der Waals surface area contributed by atoms with E-state index in [1.165, 1.54) is 31.4 Å². The summed E-state index contributed by atoms with van der Waals surface area (Å²) in [6.45, 7) is 6.45. The average molecular weight is 319 g/mol. The SMILES string of the molecule is CC.CCCCCCCCOc1ccc(N)cc1C(F)(F)F. The third-order valence-corrected chi connectivity index (χ3v) is 3.06. The van der Waals surface area contributed by atoms with Crippen LogP contribution in [0.1, 0.15) is 64.9 Å². The topological polar surface area (TPSA) is 35.2 Å². The van der Waals surface area contributed by atoms with Crippen LogP contribution in [0.3, 0.4) is 0 Å². The van der Waals surface area contributed by atoms with Crippen molar-refractivity contribution in [3.05, 3.63) is 23.8 Å². The monoisotopic (exact) mass is 319 g/mol. The van der Waals surface area contributed by atoms with Gasteiger partial charge in [0.25, 0.3) is 0 Å². The fourth-order valence-electron chi connectivity index (χ4n) is 1.96. The van der Waals surface area contributed by atoms with Crippen LogP contribution in [0.15, 0.2) is 18.2 Å². The van der Waals surface area contributed by atoms with Gasteiger partial charge in [0, 0.05) is 5.69 Å². The predicted octanol–water partition coefficient (Wildman–Crippen LogP) is 6.05. The minimum atomic E-state index is -4.44. The zero-order chi connectivity index (χ0) is 17.0. The van der Waals surface area contributed by atoms with E-state index < -0.39 is 11.7 Å². The van der Waals surface area contributed by atoms with E-state index in [-0.39, 0.29) is 11.4 Å². The third-order valence-electron chi connectivity index (χ3n) is 3.06. The molecule has 0 aliphatic rings. The highest BCUT2D eigenvalue weighted by atomic mass is 19.4. The highest BCUT2D eigenvalue weighted by molar-refractivity contribution is 5.49.